The Morgan fingerprint density at radius 2 is 1.90 bits per heavy atom. The number of carboxylic acids is 1. The molecule has 0 fully saturated rings. The summed E-state index contributed by atoms with van der Waals surface area (Å²) >= 11 is 0. The monoisotopic (exact) mass is 417 g/mol. The molecule has 2 heterocycles. The van der Waals surface area contributed by atoms with Gasteiger partial charge in [0.1, 0.15) is 5.82 Å². The van der Waals surface area contributed by atoms with Crippen molar-refractivity contribution in [2.24, 2.45) is 5.92 Å². The number of nitrogens with zero attached hydrogens (tertiary/aromatic N) is 3. The predicted octanol–water partition coefficient (Wildman–Crippen LogP) is 4.65. The Bertz CT molecular complexity index is 1230. The lowest BCUT2D eigenvalue weighted by atomic mass is 9.85. The number of fused-ring (bicyclic) bond motifs is 3. The SMILES string of the molecule is O=C(O)CC1CCc2c(n(Cc3ccc(Cn4ccnc4)cc3)c3ccc(F)cc23)C1. The van der Waals surface area contributed by atoms with Crippen LogP contribution in [0.1, 0.15) is 35.2 Å². The first-order valence-electron chi connectivity index (χ1n) is 10.6. The summed E-state index contributed by atoms with van der Waals surface area (Å²) in [4.78, 5) is 15.3. The Balaban J connectivity index is 1.47. The summed E-state index contributed by atoms with van der Waals surface area (Å²) < 4.78 is 18.3. The summed E-state index contributed by atoms with van der Waals surface area (Å²) in [6.07, 6.45) is 8.05. The van der Waals surface area contributed by atoms with Gasteiger partial charge in [0.15, 0.2) is 0 Å². The Labute approximate surface area is 179 Å². The van der Waals surface area contributed by atoms with Crippen LogP contribution in [0, 0.1) is 11.7 Å². The molecule has 0 aliphatic heterocycles. The predicted molar refractivity (Wildman–Crippen MR) is 117 cm³/mol. The number of aliphatic carboxylic acids is 1. The molecule has 0 bridgehead atoms. The minimum atomic E-state index is -0.754. The van der Waals surface area contributed by atoms with Crippen LogP contribution in [0.3, 0.4) is 0 Å². The van der Waals surface area contributed by atoms with E-state index in [1.165, 1.54) is 22.8 Å². The second kappa shape index (κ2) is 8.02. The molecule has 1 atom stereocenters. The van der Waals surface area contributed by atoms with E-state index in [-0.39, 0.29) is 18.2 Å². The molecule has 158 valence electrons. The third-order valence-corrected chi connectivity index (χ3v) is 6.28. The number of aromatic nitrogens is 3. The van der Waals surface area contributed by atoms with E-state index < -0.39 is 5.97 Å². The van der Waals surface area contributed by atoms with Gasteiger partial charge in [0.25, 0.3) is 0 Å². The summed E-state index contributed by atoms with van der Waals surface area (Å²) in [5.74, 6) is -0.866. The summed E-state index contributed by atoms with van der Waals surface area (Å²) in [6, 6.07) is 13.5. The zero-order valence-electron chi connectivity index (χ0n) is 17.2. The van der Waals surface area contributed by atoms with Gasteiger partial charge in [-0.1, -0.05) is 24.3 Å². The standard InChI is InChI=1S/C25H24FN3O2/c26-20-6-8-23-22(13-20)21-7-5-19(12-25(30)31)11-24(21)29(23)15-18-3-1-17(2-4-18)14-28-10-9-27-16-28/h1-4,6,8-10,13,16,19H,5,7,11-12,14-15H2,(H,30,31). The summed E-state index contributed by atoms with van der Waals surface area (Å²) in [5.41, 5.74) is 5.71. The lowest BCUT2D eigenvalue weighted by molar-refractivity contribution is -0.138. The molecule has 0 radical (unpaired) electrons. The van der Waals surface area contributed by atoms with Crippen LogP contribution in [0.4, 0.5) is 4.39 Å². The highest BCUT2D eigenvalue weighted by molar-refractivity contribution is 5.86. The molecule has 0 spiro atoms. The minimum absolute atomic E-state index is 0.121. The summed E-state index contributed by atoms with van der Waals surface area (Å²) in [6.45, 7) is 1.46. The van der Waals surface area contributed by atoms with E-state index in [9.17, 15) is 14.3 Å². The van der Waals surface area contributed by atoms with Crippen LogP contribution in [0.25, 0.3) is 10.9 Å². The first-order valence-corrected chi connectivity index (χ1v) is 10.6. The molecule has 1 N–H and O–H groups in total. The van der Waals surface area contributed by atoms with Crippen molar-refractivity contribution in [1.82, 2.24) is 14.1 Å². The fraction of sp³-hybridized carbons (Fsp3) is 0.280. The molecule has 6 heteroatoms. The highest BCUT2D eigenvalue weighted by Crippen LogP contribution is 2.36. The third kappa shape index (κ3) is 3.98. The van der Waals surface area contributed by atoms with Crippen molar-refractivity contribution >= 4 is 16.9 Å². The van der Waals surface area contributed by atoms with Crippen LogP contribution in [0.2, 0.25) is 0 Å². The van der Waals surface area contributed by atoms with Crippen LogP contribution in [0.5, 0.6) is 0 Å². The number of imidazole rings is 1. The number of aryl methyl sites for hydroxylation is 1. The number of hydrogen-bond acceptors (Lipinski definition) is 2. The third-order valence-electron chi connectivity index (χ3n) is 6.28. The number of halogens is 1. The molecule has 0 saturated heterocycles. The van der Waals surface area contributed by atoms with E-state index >= 15 is 0 Å². The van der Waals surface area contributed by atoms with Crippen molar-refractivity contribution < 1.29 is 14.3 Å². The van der Waals surface area contributed by atoms with Crippen molar-refractivity contribution in [1.29, 1.82) is 0 Å². The van der Waals surface area contributed by atoms with E-state index in [4.69, 9.17) is 0 Å². The molecule has 4 aromatic rings. The number of hydrogen-bond donors (Lipinski definition) is 1. The van der Waals surface area contributed by atoms with Crippen molar-refractivity contribution in [2.75, 3.05) is 0 Å². The maximum Gasteiger partial charge on any atom is 0.303 e. The molecule has 1 aliphatic rings. The molecule has 2 aromatic carbocycles. The average Bonchev–Trinajstić information content (AvgIpc) is 3.35. The van der Waals surface area contributed by atoms with Gasteiger partial charge in [0, 0.05) is 48.5 Å². The Morgan fingerprint density at radius 1 is 1.13 bits per heavy atom. The van der Waals surface area contributed by atoms with E-state index in [1.807, 2.05) is 16.8 Å². The Hall–Kier alpha value is -3.41. The number of benzene rings is 2. The van der Waals surface area contributed by atoms with Crippen LogP contribution in [0.15, 0.2) is 61.2 Å². The van der Waals surface area contributed by atoms with Gasteiger partial charge in [-0.3, -0.25) is 4.79 Å². The van der Waals surface area contributed by atoms with Gasteiger partial charge in [-0.25, -0.2) is 9.37 Å². The van der Waals surface area contributed by atoms with Crippen molar-refractivity contribution in [2.45, 2.75) is 38.8 Å². The van der Waals surface area contributed by atoms with Gasteiger partial charge in [-0.05, 0) is 60.1 Å². The van der Waals surface area contributed by atoms with E-state index in [0.29, 0.717) is 6.54 Å². The second-order valence-electron chi connectivity index (χ2n) is 8.43. The van der Waals surface area contributed by atoms with E-state index in [2.05, 4.69) is 33.8 Å². The van der Waals surface area contributed by atoms with Crippen molar-refractivity contribution in [3.8, 4) is 0 Å². The number of carboxylic acid groups (broad SMARTS) is 1. The first kappa shape index (κ1) is 19.5. The van der Waals surface area contributed by atoms with Crippen molar-refractivity contribution in [3.05, 3.63) is 89.4 Å². The topological polar surface area (TPSA) is 60.0 Å². The molecule has 31 heavy (non-hydrogen) atoms. The molecule has 1 aliphatic carbocycles. The number of carbonyl (C=O) groups is 1. The van der Waals surface area contributed by atoms with Crippen LogP contribution < -0.4 is 0 Å². The fourth-order valence-corrected chi connectivity index (χ4v) is 4.81. The minimum Gasteiger partial charge on any atom is -0.481 e. The second-order valence-corrected chi connectivity index (χ2v) is 8.43. The molecular formula is C25H24FN3O2. The molecular weight excluding hydrogens is 393 g/mol. The average molecular weight is 417 g/mol. The largest absolute Gasteiger partial charge is 0.481 e. The maximum absolute atomic E-state index is 14.0. The number of rotatable bonds is 6. The molecule has 0 saturated carbocycles. The smallest absolute Gasteiger partial charge is 0.303 e. The Morgan fingerprint density at radius 3 is 2.61 bits per heavy atom. The van der Waals surface area contributed by atoms with Gasteiger partial charge < -0.3 is 14.2 Å². The molecule has 5 rings (SSSR count). The van der Waals surface area contributed by atoms with Gasteiger partial charge >= 0.3 is 5.97 Å². The fourth-order valence-electron chi connectivity index (χ4n) is 4.81. The van der Waals surface area contributed by atoms with E-state index in [0.717, 1.165) is 42.4 Å². The van der Waals surface area contributed by atoms with Crippen LogP contribution in [-0.4, -0.2) is 25.2 Å². The lowest BCUT2D eigenvalue weighted by Gasteiger charge is -2.23. The lowest BCUT2D eigenvalue weighted by Crippen LogP contribution is -2.19. The highest BCUT2D eigenvalue weighted by Gasteiger charge is 2.27. The van der Waals surface area contributed by atoms with Gasteiger partial charge in [0.05, 0.1) is 6.33 Å². The van der Waals surface area contributed by atoms with Crippen molar-refractivity contribution in [3.63, 3.8) is 0 Å². The van der Waals surface area contributed by atoms with E-state index in [1.54, 1.807) is 18.6 Å². The summed E-state index contributed by atoms with van der Waals surface area (Å²) in [5, 5.41) is 10.2. The summed E-state index contributed by atoms with van der Waals surface area (Å²) in [7, 11) is 0. The Kier molecular flexibility index (Phi) is 5.06. The van der Waals surface area contributed by atoms with Gasteiger partial charge in [-0.15, -0.1) is 0 Å². The molecule has 1 unspecified atom stereocenters. The first-order chi connectivity index (χ1) is 15.1. The van der Waals surface area contributed by atoms with Crippen LogP contribution >= 0.6 is 0 Å². The zero-order valence-corrected chi connectivity index (χ0v) is 17.2. The van der Waals surface area contributed by atoms with Crippen LogP contribution in [-0.2, 0) is 30.7 Å². The zero-order chi connectivity index (χ0) is 21.4. The maximum atomic E-state index is 14.0. The van der Waals surface area contributed by atoms with Gasteiger partial charge in [-0.2, -0.15) is 0 Å². The molecule has 0 amide bonds. The van der Waals surface area contributed by atoms with Gasteiger partial charge in [0.2, 0.25) is 0 Å². The normalized spacial score (nSPS) is 15.8. The quantitative estimate of drug-likeness (QED) is 0.497. The molecule has 5 nitrogen and oxygen atoms in total. The molecule has 2 aromatic heterocycles. The highest BCUT2D eigenvalue weighted by atomic mass is 19.1.